The van der Waals surface area contributed by atoms with Crippen molar-refractivity contribution in [3.8, 4) is 0 Å². The zero-order chi connectivity index (χ0) is 13.1. The van der Waals surface area contributed by atoms with E-state index in [2.05, 4.69) is 44.8 Å². The number of likely N-dealkylation sites (N-methyl/N-ethyl adjacent to an activating group) is 1. The van der Waals surface area contributed by atoms with Crippen LogP contribution in [0.4, 0.5) is 0 Å². The summed E-state index contributed by atoms with van der Waals surface area (Å²) >= 11 is 0. The first-order valence-corrected chi connectivity index (χ1v) is 7.07. The third-order valence-corrected chi connectivity index (χ3v) is 3.84. The third-order valence-electron chi connectivity index (χ3n) is 3.84. The van der Waals surface area contributed by atoms with Gasteiger partial charge in [-0.2, -0.15) is 0 Å². The Morgan fingerprint density at radius 3 is 2.18 bits per heavy atom. The van der Waals surface area contributed by atoms with E-state index in [1.165, 1.54) is 12.8 Å². The molecule has 1 atom stereocenters. The highest BCUT2D eigenvalue weighted by molar-refractivity contribution is 5.03. The maximum absolute atomic E-state index is 9.87. The molecular weight excluding hydrogens is 212 g/mol. The van der Waals surface area contributed by atoms with Gasteiger partial charge in [-0.1, -0.05) is 20.8 Å². The fraction of sp³-hybridized carbons (Fsp3) is 1.00. The van der Waals surface area contributed by atoms with Gasteiger partial charge in [0.2, 0.25) is 0 Å². The predicted octanol–water partition coefficient (Wildman–Crippen LogP) is 1.86. The Balaban J connectivity index is 2.74. The molecule has 0 aliphatic heterocycles. The molecule has 17 heavy (non-hydrogen) atoms. The third kappa shape index (κ3) is 3.94. The second-order valence-electron chi connectivity index (χ2n) is 6.04. The van der Waals surface area contributed by atoms with Crippen LogP contribution in [0.1, 0.15) is 47.5 Å². The van der Waals surface area contributed by atoms with E-state index in [4.69, 9.17) is 0 Å². The molecule has 1 aliphatic carbocycles. The first-order chi connectivity index (χ1) is 7.95. The van der Waals surface area contributed by atoms with E-state index in [9.17, 15) is 5.11 Å². The number of hydrogen-bond acceptors (Lipinski definition) is 3. The Morgan fingerprint density at radius 1 is 1.29 bits per heavy atom. The van der Waals surface area contributed by atoms with Gasteiger partial charge in [0.1, 0.15) is 0 Å². The van der Waals surface area contributed by atoms with Crippen molar-refractivity contribution in [2.24, 2.45) is 5.92 Å². The minimum absolute atomic E-state index is 0.0888. The standard InChI is InChI=1S/C14H30N2O/c1-6-16(12(4)5)9-14(10-17,13-7-8-13)15-11(2)3/h11-13,15,17H,6-10H2,1-5H3. The minimum atomic E-state index is -0.0888. The molecule has 1 saturated carbocycles. The minimum Gasteiger partial charge on any atom is -0.394 e. The van der Waals surface area contributed by atoms with Crippen LogP contribution in [-0.4, -0.2) is 47.3 Å². The van der Waals surface area contributed by atoms with Crippen LogP contribution >= 0.6 is 0 Å². The van der Waals surface area contributed by atoms with Gasteiger partial charge >= 0.3 is 0 Å². The molecule has 2 N–H and O–H groups in total. The lowest BCUT2D eigenvalue weighted by Gasteiger charge is -2.41. The zero-order valence-corrected chi connectivity index (χ0v) is 12.2. The molecule has 0 amide bonds. The van der Waals surface area contributed by atoms with Crippen molar-refractivity contribution in [1.82, 2.24) is 10.2 Å². The quantitative estimate of drug-likeness (QED) is 0.682. The number of nitrogens with zero attached hydrogens (tertiary/aromatic N) is 1. The highest BCUT2D eigenvalue weighted by atomic mass is 16.3. The van der Waals surface area contributed by atoms with Crippen molar-refractivity contribution in [3.63, 3.8) is 0 Å². The van der Waals surface area contributed by atoms with Crippen LogP contribution in [-0.2, 0) is 0 Å². The molecule has 0 radical (unpaired) electrons. The first kappa shape index (κ1) is 14.9. The van der Waals surface area contributed by atoms with Gasteiger partial charge in [-0.25, -0.2) is 0 Å². The molecular formula is C14H30N2O. The van der Waals surface area contributed by atoms with Gasteiger partial charge in [0, 0.05) is 18.6 Å². The molecule has 0 heterocycles. The van der Waals surface area contributed by atoms with Gasteiger partial charge in [-0.15, -0.1) is 0 Å². The summed E-state index contributed by atoms with van der Waals surface area (Å²) in [6.07, 6.45) is 2.52. The fourth-order valence-electron chi connectivity index (χ4n) is 2.75. The van der Waals surface area contributed by atoms with E-state index in [0.717, 1.165) is 13.1 Å². The summed E-state index contributed by atoms with van der Waals surface area (Å²) in [7, 11) is 0. The molecule has 0 spiro atoms. The maximum Gasteiger partial charge on any atom is 0.0628 e. The van der Waals surface area contributed by atoms with Crippen LogP contribution in [0.5, 0.6) is 0 Å². The molecule has 1 unspecified atom stereocenters. The Hall–Kier alpha value is -0.120. The number of rotatable bonds is 8. The molecule has 3 heteroatoms. The second kappa shape index (κ2) is 6.17. The molecule has 0 aromatic carbocycles. The van der Waals surface area contributed by atoms with E-state index in [1.807, 2.05) is 0 Å². The highest BCUT2D eigenvalue weighted by Gasteiger charge is 2.46. The van der Waals surface area contributed by atoms with Gasteiger partial charge in [0.15, 0.2) is 0 Å². The molecule has 3 nitrogen and oxygen atoms in total. The van der Waals surface area contributed by atoms with Crippen LogP contribution in [0, 0.1) is 5.92 Å². The largest absolute Gasteiger partial charge is 0.394 e. The lowest BCUT2D eigenvalue weighted by molar-refractivity contribution is 0.0732. The van der Waals surface area contributed by atoms with Crippen molar-refractivity contribution in [2.45, 2.75) is 65.1 Å². The van der Waals surface area contributed by atoms with E-state index >= 15 is 0 Å². The predicted molar refractivity (Wildman–Crippen MR) is 73.2 cm³/mol. The fourth-order valence-corrected chi connectivity index (χ4v) is 2.75. The van der Waals surface area contributed by atoms with Gasteiger partial charge < -0.3 is 10.4 Å². The van der Waals surface area contributed by atoms with E-state index in [1.54, 1.807) is 0 Å². The Kier molecular flexibility index (Phi) is 5.42. The molecule has 0 saturated heterocycles. The zero-order valence-electron chi connectivity index (χ0n) is 12.2. The summed E-state index contributed by atoms with van der Waals surface area (Å²) < 4.78 is 0. The maximum atomic E-state index is 9.87. The van der Waals surface area contributed by atoms with Crippen LogP contribution in [0.15, 0.2) is 0 Å². The lowest BCUT2D eigenvalue weighted by atomic mass is 9.91. The molecule has 0 bridgehead atoms. The molecule has 1 aliphatic rings. The number of hydrogen-bond donors (Lipinski definition) is 2. The number of nitrogens with one attached hydrogen (secondary N) is 1. The first-order valence-electron chi connectivity index (χ1n) is 7.07. The Morgan fingerprint density at radius 2 is 1.88 bits per heavy atom. The van der Waals surface area contributed by atoms with E-state index in [0.29, 0.717) is 18.0 Å². The monoisotopic (exact) mass is 242 g/mol. The van der Waals surface area contributed by atoms with Crippen LogP contribution < -0.4 is 5.32 Å². The van der Waals surface area contributed by atoms with Crippen molar-refractivity contribution >= 4 is 0 Å². The summed E-state index contributed by atoms with van der Waals surface area (Å²) in [6.45, 7) is 13.2. The smallest absolute Gasteiger partial charge is 0.0628 e. The molecule has 1 rings (SSSR count). The molecule has 102 valence electrons. The van der Waals surface area contributed by atoms with Crippen LogP contribution in [0.2, 0.25) is 0 Å². The lowest BCUT2D eigenvalue weighted by Crippen LogP contribution is -2.60. The van der Waals surface area contributed by atoms with Gasteiger partial charge in [-0.3, -0.25) is 4.90 Å². The molecule has 0 aromatic heterocycles. The van der Waals surface area contributed by atoms with Gasteiger partial charge in [0.25, 0.3) is 0 Å². The SMILES string of the molecule is CCN(CC(CO)(NC(C)C)C1CC1)C(C)C. The van der Waals surface area contributed by atoms with E-state index < -0.39 is 0 Å². The number of aliphatic hydroxyl groups excluding tert-OH is 1. The average Bonchev–Trinajstić information content (AvgIpc) is 3.07. The van der Waals surface area contributed by atoms with Crippen molar-refractivity contribution < 1.29 is 5.11 Å². The summed E-state index contributed by atoms with van der Waals surface area (Å²) in [5, 5.41) is 13.5. The molecule has 1 fully saturated rings. The van der Waals surface area contributed by atoms with Crippen LogP contribution in [0.25, 0.3) is 0 Å². The van der Waals surface area contributed by atoms with Crippen LogP contribution in [0.3, 0.4) is 0 Å². The number of aliphatic hydroxyl groups is 1. The second-order valence-corrected chi connectivity index (χ2v) is 6.04. The molecule has 0 aromatic rings. The topological polar surface area (TPSA) is 35.5 Å². The summed E-state index contributed by atoms with van der Waals surface area (Å²) in [4.78, 5) is 2.45. The summed E-state index contributed by atoms with van der Waals surface area (Å²) in [6, 6.07) is 0.965. The highest BCUT2D eigenvalue weighted by Crippen LogP contribution is 2.40. The van der Waals surface area contributed by atoms with Crippen molar-refractivity contribution in [2.75, 3.05) is 19.7 Å². The average molecular weight is 242 g/mol. The van der Waals surface area contributed by atoms with Gasteiger partial charge in [-0.05, 0) is 39.2 Å². The Labute approximate surface area is 107 Å². The van der Waals surface area contributed by atoms with E-state index in [-0.39, 0.29) is 12.1 Å². The normalized spacial score (nSPS) is 20.3. The van der Waals surface area contributed by atoms with Crippen molar-refractivity contribution in [3.05, 3.63) is 0 Å². The van der Waals surface area contributed by atoms with Gasteiger partial charge in [0.05, 0.1) is 12.1 Å². The summed E-state index contributed by atoms with van der Waals surface area (Å²) in [5.41, 5.74) is -0.0888. The Bertz CT molecular complexity index is 226. The summed E-state index contributed by atoms with van der Waals surface area (Å²) in [5.74, 6) is 0.655. The van der Waals surface area contributed by atoms with Crippen molar-refractivity contribution in [1.29, 1.82) is 0 Å².